The predicted octanol–water partition coefficient (Wildman–Crippen LogP) is 2.66. The number of amides is 1. The first-order chi connectivity index (χ1) is 13.6. The van der Waals surface area contributed by atoms with Crippen LogP contribution in [0.1, 0.15) is 33.6 Å². The van der Waals surface area contributed by atoms with E-state index in [0.29, 0.717) is 6.54 Å². The van der Waals surface area contributed by atoms with E-state index in [0.717, 1.165) is 44.3 Å². The van der Waals surface area contributed by atoms with Crippen LogP contribution in [0.4, 0.5) is 13.6 Å². The summed E-state index contributed by atoms with van der Waals surface area (Å²) in [4.78, 5) is 30.1. The molecule has 0 saturated carbocycles. The number of benzene rings is 1. The molecular formula is C20H26F2N4O3. The number of nitrogens with one attached hydrogen (secondary N) is 1. The van der Waals surface area contributed by atoms with E-state index in [1.807, 2.05) is 20.8 Å². The van der Waals surface area contributed by atoms with Gasteiger partial charge in [-0.1, -0.05) is 0 Å². The summed E-state index contributed by atoms with van der Waals surface area (Å²) in [6, 6.07) is 1.90. The summed E-state index contributed by atoms with van der Waals surface area (Å²) in [6.07, 6.45) is 2.17. The normalized spacial score (nSPS) is 16.2. The highest BCUT2D eigenvalue weighted by Crippen LogP contribution is 2.17. The molecule has 0 unspecified atom stereocenters. The topological polar surface area (TPSA) is 76.5 Å². The van der Waals surface area contributed by atoms with Crippen LogP contribution < -0.4 is 10.9 Å². The molecule has 7 nitrogen and oxygen atoms in total. The molecule has 9 heteroatoms. The van der Waals surface area contributed by atoms with E-state index < -0.39 is 28.9 Å². The molecule has 1 N–H and O–H groups in total. The summed E-state index contributed by atoms with van der Waals surface area (Å²) in [7, 11) is 0. The van der Waals surface area contributed by atoms with Gasteiger partial charge in [0.25, 0.3) is 5.56 Å². The van der Waals surface area contributed by atoms with Crippen molar-refractivity contribution >= 4 is 17.1 Å². The number of nitrogens with zero attached hydrogens (tertiary/aromatic N) is 3. The summed E-state index contributed by atoms with van der Waals surface area (Å²) in [5, 5.41) is 2.88. The average Bonchev–Trinajstić information content (AvgIpc) is 2.60. The molecule has 1 fully saturated rings. The Morgan fingerprint density at radius 2 is 1.93 bits per heavy atom. The maximum atomic E-state index is 14.2. The van der Waals surface area contributed by atoms with E-state index >= 15 is 0 Å². The first-order valence-electron chi connectivity index (χ1n) is 9.69. The second-order valence-corrected chi connectivity index (χ2v) is 8.27. The molecule has 1 amide bonds. The van der Waals surface area contributed by atoms with Crippen molar-refractivity contribution in [2.24, 2.45) is 0 Å². The van der Waals surface area contributed by atoms with E-state index in [2.05, 4.69) is 15.2 Å². The lowest BCUT2D eigenvalue weighted by molar-refractivity contribution is 0.0478. The number of carbonyl (C=O) groups excluding carboxylic acids is 1. The number of piperidine rings is 1. The fraction of sp³-hybridized carbons (Fsp3) is 0.550. The Bertz CT molecular complexity index is 947. The SMILES string of the molecule is CC(C)(C)OC(=O)NC1CCN(CCn2c(=O)cnc3cc(F)cc(F)c32)CC1. The van der Waals surface area contributed by atoms with Gasteiger partial charge in [0.15, 0.2) is 5.82 Å². The molecular weight excluding hydrogens is 382 g/mol. The van der Waals surface area contributed by atoms with Gasteiger partial charge >= 0.3 is 6.09 Å². The van der Waals surface area contributed by atoms with Crippen molar-refractivity contribution in [3.05, 3.63) is 40.3 Å². The zero-order chi connectivity index (χ0) is 21.2. The van der Waals surface area contributed by atoms with E-state index in [1.54, 1.807) is 0 Å². The molecule has 0 spiro atoms. The molecule has 2 aromatic rings. The van der Waals surface area contributed by atoms with Crippen LogP contribution in [0.2, 0.25) is 0 Å². The molecule has 1 aliphatic heterocycles. The maximum Gasteiger partial charge on any atom is 0.407 e. The van der Waals surface area contributed by atoms with Crippen LogP contribution in [0.3, 0.4) is 0 Å². The molecule has 1 aromatic carbocycles. The van der Waals surface area contributed by atoms with Gasteiger partial charge < -0.3 is 19.5 Å². The van der Waals surface area contributed by atoms with Gasteiger partial charge in [-0.3, -0.25) is 4.79 Å². The number of ether oxygens (including phenoxy) is 1. The number of rotatable bonds is 4. The zero-order valence-corrected chi connectivity index (χ0v) is 16.9. The van der Waals surface area contributed by atoms with Crippen LogP contribution in [-0.2, 0) is 11.3 Å². The van der Waals surface area contributed by atoms with Crippen molar-refractivity contribution in [1.29, 1.82) is 0 Å². The molecule has 1 aromatic heterocycles. The number of carbonyl (C=O) groups is 1. The zero-order valence-electron chi connectivity index (χ0n) is 16.9. The van der Waals surface area contributed by atoms with Crippen molar-refractivity contribution in [3.63, 3.8) is 0 Å². The average molecular weight is 408 g/mol. The third-order valence-electron chi connectivity index (χ3n) is 4.81. The quantitative estimate of drug-likeness (QED) is 0.842. The van der Waals surface area contributed by atoms with Crippen LogP contribution in [0.25, 0.3) is 11.0 Å². The number of hydrogen-bond donors (Lipinski definition) is 1. The highest BCUT2D eigenvalue weighted by Gasteiger charge is 2.23. The van der Waals surface area contributed by atoms with Gasteiger partial charge in [0.2, 0.25) is 0 Å². The Balaban J connectivity index is 1.58. The maximum absolute atomic E-state index is 14.2. The van der Waals surface area contributed by atoms with Gasteiger partial charge in [0.05, 0.1) is 11.7 Å². The number of hydrogen-bond acceptors (Lipinski definition) is 5. The Hall–Kier alpha value is -2.55. The summed E-state index contributed by atoms with van der Waals surface area (Å²) < 4.78 is 34.2. The van der Waals surface area contributed by atoms with Crippen LogP contribution in [0.15, 0.2) is 23.1 Å². The number of fused-ring (bicyclic) bond motifs is 1. The first kappa shape index (κ1) is 21.2. The number of halogens is 2. The highest BCUT2D eigenvalue weighted by molar-refractivity contribution is 5.75. The smallest absolute Gasteiger partial charge is 0.407 e. The Labute approximate surface area is 167 Å². The number of alkyl carbamates (subject to hydrolysis) is 1. The minimum Gasteiger partial charge on any atom is -0.444 e. The third-order valence-corrected chi connectivity index (χ3v) is 4.81. The molecule has 2 heterocycles. The van der Waals surface area contributed by atoms with Gasteiger partial charge in [-0.05, 0) is 33.6 Å². The molecule has 158 valence electrons. The van der Waals surface area contributed by atoms with Gasteiger partial charge in [0, 0.05) is 44.4 Å². The standard InChI is InChI=1S/C20H26F2N4O3/c1-20(2,3)29-19(28)24-14-4-6-25(7-5-14)8-9-26-17(27)12-23-16-11-13(21)10-15(22)18(16)26/h10-12,14H,4-9H2,1-3H3,(H,24,28). The van der Waals surface area contributed by atoms with Crippen molar-refractivity contribution < 1.29 is 18.3 Å². The van der Waals surface area contributed by atoms with Crippen molar-refractivity contribution in [3.8, 4) is 0 Å². The lowest BCUT2D eigenvalue weighted by Crippen LogP contribution is -2.46. The Morgan fingerprint density at radius 1 is 1.24 bits per heavy atom. The molecule has 1 aliphatic rings. The van der Waals surface area contributed by atoms with Crippen LogP contribution in [0, 0.1) is 11.6 Å². The van der Waals surface area contributed by atoms with Gasteiger partial charge in [-0.2, -0.15) is 0 Å². The van der Waals surface area contributed by atoms with Crippen LogP contribution in [-0.4, -0.2) is 51.8 Å². The molecule has 0 bridgehead atoms. The summed E-state index contributed by atoms with van der Waals surface area (Å²) in [5.41, 5.74) is -0.837. The van der Waals surface area contributed by atoms with Crippen molar-refractivity contribution in [2.45, 2.75) is 51.8 Å². The van der Waals surface area contributed by atoms with Crippen molar-refractivity contribution in [2.75, 3.05) is 19.6 Å². The highest BCUT2D eigenvalue weighted by atomic mass is 19.1. The fourth-order valence-corrected chi connectivity index (χ4v) is 3.46. The van der Waals surface area contributed by atoms with E-state index in [9.17, 15) is 18.4 Å². The Kier molecular flexibility index (Phi) is 6.16. The second-order valence-electron chi connectivity index (χ2n) is 8.27. The first-order valence-corrected chi connectivity index (χ1v) is 9.69. The van der Waals surface area contributed by atoms with Crippen LogP contribution >= 0.6 is 0 Å². The minimum absolute atomic E-state index is 0.0142. The summed E-state index contributed by atoms with van der Waals surface area (Å²) in [5.74, 6) is -1.53. The minimum atomic E-state index is -0.800. The molecule has 0 atom stereocenters. The monoisotopic (exact) mass is 408 g/mol. The van der Waals surface area contributed by atoms with Crippen LogP contribution in [0.5, 0.6) is 0 Å². The van der Waals surface area contributed by atoms with Gasteiger partial charge in [0.1, 0.15) is 16.9 Å². The number of aromatic nitrogens is 2. The van der Waals surface area contributed by atoms with E-state index in [1.165, 1.54) is 4.57 Å². The molecule has 3 rings (SSSR count). The molecule has 0 aliphatic carbocycles. The predicted molar refractivity (Wildman–Crippen MR) is 105 cm³/mol. The largest absolute Gasteiger partial charge is 0.444 e. The van der Waals surface area contributed by atoms with Gasteiger partial charge in [-0.15, -0.1) is 0 Å². The third kappa shape index (κ3) is 5.50. The molecule has 0 radical (unpaired) electrons. The second kappa shape index (κ2) is 8.44. The lowest BCUT2D eigenvalue weighted by atomic mass is 10.1. The van der Waals surface area contributed by atoms with Crippen molar-refractivity contribution in [1.82, 2.24) is 19.8 Å². The summed E-state index contributed by atoms with van der Waals surface area (Å²) in [6.45, 7) is 7.72. The molecule has 1 saturated heterocycles. The van der Waals surface area contributed by atoms with E-state index in [-0.39, 0.29) is 23.6 Å². The number of likely N-dealkylation sites (tertiary alicyclic amines) is 1. The van der Waals surface area contributed by atoms with Gasteiger partial charge in [-0.25, -0.2) is 18.6 Å². The Morgan fingerprint density at radius 3 is 2.59 bits per heavy atom. The molecule has 29 heavy (non-hydrogen) atoms. The lowest BCUT2D eigenvalue weighted by Gasteiger charge is -2.33. The summed E-state index contributed by atoms with van der Waals surface area (Å²) >= 11 is 0. The fourth-order valence-electron chi connectivity index (χ4n) is 3.46. The van der Waals surface area contributed by atoms with E-state index in [4.69, 9.17) is 4.74 Å².